The molecule has 0 saturated carbocycles. The highest BCUT2D eigenvalue weighted by molar-refractivity contribution is 5.99. The number of nitrogens with one attached hydrogen (secondary N) is 2. The maximum absolute atomic E-state index is 12.3. The highest BCUT2D eigenvalue weighted by atomic mass is 16.6. The van der Waals surface area contributed by atoms with E-state index < -0.39 is 0 Å². The monoisotopic (exact) mass is 519 g/mol. The molecule has 8 heteroatoms. The first-order valence-electron chi connectivity index (χ1n) is 13.4. The van der Waals surface area contributed by atoms with Crippen LogP contribution >= 0.6 is 0 Å². The van der Waals surface area contributed by atoms with E-state index in [1.54, 1.807) is 6.07 Å². The number of hydrogen-bond donors (Lipinski definition) is 3. The van der Waals surface area contributed by atoms with Crippen LogP contribution in [-0.4, -0.2) is 53.9 Å². The molecule has 2 aliphatic rings. The lowest BCUT2D eigenvalue weighted by molar-refractivity contribution is -1.11. The number of carbonyl (C=O) groups is 1. The number of quaternary nitrogens is 1. The van der Waals surface area contributed by atoms with Crippen LogP contribution in [0.1, 0.15) is 57.8 Å². The van der Waals surface area contributed by atoms with Gasteiger partial charge in [-0.05, 0) is 55.9 Å². The Hall–Kier alpha value is -3.38. The van der Waals surface area contributed by atoms with Crippen molar-refractivity contribution in [2.24, 2.45) is 5.92 Å². The number of morpholine rings is 1. The van der Waals surface area contributed by atoms with Crippen molar-refractivity contribution < 1.29 is 23.9 Å². The summed E-state index contributed by atoms with van der Waals surface area (Å²) in [5, 5.41) is 19.9. The highest BCUT2D eigenvalue weighted by Gasteiger charge is 2.28. The molecule has 1 saturated heterocycles. The number of benzene rings is 1. The van der Waals surface area contributed by atoms with Gasteiger partial charge in [-0.3, -0.25) is 5.32 Å². The third-order valence-corrected chi connectivity index (χ3v) is 6.88. The average molecular weight is 520 g/mol. The van der Waals surface area contributed by atoms with Gasteiger partial charge in [-0.2, -0.15) is 4.65 Å². The van der Waals surface area contributed by atoms with Gasteiger partial charge in [-0.1, -0.05) is 56.0 Å². The number of nitrogens with zero attached hydrogens (tertiary/aromatic N) is 2. The zero-order valence-electron chi connectivity index (χ0n) is 22.6. The van der Waals surface area contributed by atoms with Crippen molar-refractivity contribution in [2.75, 3.05) is 43.5 Å². The smallest absolute Gasteiger partial charge is 0.324 e. The van der Waals surface area contributed by atoms with Gasteiger partial charge in [-0.25, -0.2) is 10.0 Å². The highest BCUT2D eigenvalue weighted by Crippen LogP contribution is 2.25. The van der Waals surface area contributed by atoms with Crippen LogP contribution in [0.25, 0.3) is 0 Å². The second kappa shape index (κ2) is 12.4. The Bertz CT molecular complexity index is 1210. The van der Waals surface area contributed by atoms with E-state index >= 15 is 0 Å². The molecule has 4 rings (SSSR count). The zero-order chi connectivity index (χ0) is 27.0. The molecule has 1 aromatic carbocycles. The summed E-state index contributed by atoms with van der Waals surface area (Å²) in [5.74, 6) is 8.05. The number of anilines is 2. The van der Waals surface area contributed by atoms with Crippen LogP contribution in [0.3, 0.4) is 0 Å². The average Bonchev–Trinajstić information content (AvgIpc) is 3.36. The third-order valence-electron chi connectivity index (χ3n) is 6.88. The molecule has 1 aliphatic heterocycles. The fourth-order valence-corrected chi connectivity index (χ4v) is 4.44. The molecule has 1 atom stereocenters. The molecule has 202 valence electrons. The first-order chi connectivity index (χ1) is 18.2. The van der Waals surface area contributed by atoms with Crippen LogP contribution in [0.4, 0.5) is 16.3 Å². The second-order valence-corrected chi connectivity index (χ2v) is 11.1. The van der Waals surface area contributed by atoms with Crippen molar-refractivity contribution in [3.8, 4) is 11.8 Å². The molecular weight excluding hydrogens is 480 g/mol. The lowest BCUT2D eigenvalue weighted by atomic mass is 9.92. The molecule has 2 heterocycles. The molecule has 0 bridgehead atoms. The number of amides is 2. The molecule has 1 aliphatic carbocycles. The van der Waals surface area contributed by atoms with Crippen molar-refractivity contribution in [2.45, 2.75) is 51.9 Å². The first-order valence-corrected chi connectivity index (χ1v) is 13.4. The van der Waals surface area contributed by atoms with E-state index in [2.05, 4.69) is 45.9 Å². The predicted molar refractivity (Wildman–Crippen MR) is 148 cm³/mol. The van der Waals surface area contributed by atoms with Gasteiger partial charge in [0.2, 0.25) is 0 Å². The quantitative estimate of drug-likeness (QED) is 0.241. The van der Waals surface area contributed by atoms with E-state index in [9.17, 15) is 10.0 Å². The van der Waals surface area contributed by atoms with Crippen LogP contribution in [0.5, 0.6) is 0 Å². The van der Waals surface area contributed by atoms with Gasteiger partial charge in [0.25, 0.3) is 0 Å². The molecule has 1 fully saturated rings. The number of rotatable bonds is 7. The van der Waals surface area contributed by atoms with Gasteiger partial charge >= 0.3 is 6.03 Å². The number of ether oxygens (including phenoxy) is 1. The summed E-state index contributed by atoms with van der Waals surface area (Å²) in [6.45, 7) is 9.56. The molecule has 2 aromatic rings. The molecular formula is C30H39N4O4+. The Kier molecular flexibility index (Phi) is 9.05. The van der Waals surface area contributed by atoms with Crippen molar-refractivity contribution in [3.63, 3.8) is 0 Å². The second-order valence-electron chi connectivity index (χ2n) is 11.1. The topological polar surface area (TPSA) is 96.6 Å². The van der Waals surface area contributed by atoms with Crippen LogP contribution in [-0.2, 0) is 10.2 Å². The minimum absolute atomic E-state index is 0.158. The molecule has 0 spiro atoms. The lowest BCUT2D eigenvalue weighted by Gasteiger charge is -2.33. The van der Waals surface area contributed by atoms with Crippen LogP contribution in [0.15, 0.2) is 58.7 Å². The van der Waals surface area contributed by atoms with Gasteiger partial charge in [0, 0.05) is 28.3 Å². The molecule has 3 N–H and O–H groups in total. The summed E-state index contributed by atoms with van der Waals surface area (Å²) in [4.78, 5) is 12.3. The number of carbonyl (C=O) groups excluding carboxylic acids is 1. The van der Waals surface area contributed by atoms with Crippen molar-refractivity contribution >= 4 is 17.5 Å². The summed E-state index contributed by atoms with van der Waals surface area (Å²) in [6.07, 6.45) is 10.8. The van der Waals surface area contributed by atoms with E-state index in [1.165, 1.54) is 0 Å². The lowest BCUT2D eigenvalue weighted by Crippen LogP contribution is -2.52. The number of hydroxylamine groups is 3. The van der Waals surface area contributed by atoms with E-state index in [0.717, 1.165) is 43.4 Å². The van der Waals surface area contributed by atoms with Gasteiger partial charge in [0.15, 0.2) is 5.82 Å². The maximum Gasteiger partial charge on any atom is 0.324 e. The summed E-state index contributed by atoms with van der Waals surface area (Å²) < 4.78 is 10.8. The molecule has 1 aromatic heterocycles. The largest absolute Gasteiger partial charge is 0.370 e. The molecule has 2 amide bonds. The minimum Gasteiger partial charge on any atom is -0.370 e. The fraction of sp³-hybridized carbons (Fsp3) is 0.467. The van der Waals surface area contributed by atoms with E-state index in [0.29, 0.717) is 49.5 Å². The van der Waals surface area contributed by atoms with Crippen LogP contribution in [0.2, 0.25) is 0 Å². The van der Waals surface area contributed by atoms with Crippen LogP contribution in [0, 0.1) is 17.8 Å². The van der Waals surface area contributed by atoms with Crippen molar-refractivity contribution in [1.29, 1.82) is 0 Å². The minimum atomic E-state index is -0.386. The number of aromatic nitrogens is 1. The van der Waals surface area contributed by atoms with Gasteiger partial charge in [-0.15, -0.1) is 0 Å². The standard InChI is InChI=1S/C30H38N4O4/c1-30(2,3)27-22-28(33-38-27)32-29(35)31-26-15-13-25(14-16-26)12-11-24-9-7-23(8-10-24)6-4-5-17-34(36)18-20-37-21-19-34/h7,9-10,13-16,22-23,36H,4-6,8,17-21H2,1-3H3,(H-,31,32,33,35)/p+1. The Balaban J connectivity index is 1.18. The molecule has 8 nitrogen and oxygen atoms in total. The number of hydrogen-bond acceptors (Lipinski definition) is 5. The number of unbranched alkanes of at least 4 members (excludes halogenated alkanes) is 1. The van der Waals surface area contributed by atoms with E-state index in [-0.39, 0.29) is 16.1 Å². The normalized spacial score (nSPS) is 18.7. The summed E-state index contributed by atoms with van der Waals surface area (Å²) >= 11 is 0. The summed E-state index contributed by atoms with van der Waals surface area (Å²) in [7, 11) is 0. The maximum atomic E-state index is 12.3. The van der Waals surface area contributed by atoms with Crippen molar-refractivity contribution in [1.82, 2.24) is 5.16 Å². The summed E-state index contributed by atoms with van der Waals surface area (Å²) in [5.41, 5.74) is 2.39. The molecule has 0 radical (unpaired) electrons. The summed E-state index contributed by atoms with van der Waals surface area (Å²) in [6, 6.07) is 8.76. The van der Waals surface area contributed by atoms with E-state index in [1.807, 2.05) is 45.0 Å². The molecule has 38 heavy (non-hydrogen) atoms. The van der Waals surface area contributed by atoms with Gasteiger partial charge in [0.1, 0.15) is 25.4 Å². The SMILES string of the molecule is CC(C)(C)c1cc(NC(=O)Nc2ccc(C#CC3=CCC(CCCC[N+]4(O)CCOCC4)C=C3)cc2)no1. The van der Waals surface area contributed by atoms with E-state index in [4.69, 9.17) is 9.26 Å². The zero-order valence-corrected chi connectivity index (χ0v) is 22.6. The Labute approximate surface area is 225 Å². The number of urea groups is 1. The Morgan fingerprint density at radius 1 is 1.13 bits per heavy atom. The third kappa shape index (κ3) is 8.32. The Morgan fingerprint density at radius 2 is 1.89 bits per heavy atom. The molecule has 1 unspecified atom stereocenters. The number of allylic oxidation sites excluding steroid dienone is 4. The predicted octanol–water partition coefficient (Wildman–Crippen LogP) is 5.88. The van der Waals surface area contributed by atoms with Crippen molar-refractivity contribution in [3.05, 3.63) is 65.5 Å². The van der Waals surface area contributed by atoms with Gasteiger partial charge < -0.3 is 14.6 Å². The first kappa shape index (κ1) is 27.6. The fourth-order valence-electron chi connectivity index (χ4n) is 4.44. The Morgan fingerprint density at radius 3 is 2.55 bits per heavy atom. The van der Waals surface area contributed by atoms with Gasteiger partial charge in [0.05, 0.1) is 13.2 Å². The van der Waals surface area contributed by atoms with Crippen LogP contribution < -0.4 is 10.6 Å².